The van der Waals surface area contributed by atoms with Gasteiger partial charge >= 0.3 is 0 Å². The minimum atomic E-state index is -0.0567. The fraction of sp³-hybridized carbons (Fsp3) is 0.533. The quantitative estimate of drug-likeness (QED) is 0.876. The van der Waals surface area contributed by atoms with Crippen molar-refractivity contribution >= 4 is 5.91 Å². The van der Waals surface area contributed by atoms with Crippen molar-refractivity contribution in [3.05, 3.63) is 29.8 Å². The Labute approximate surface area is 114 Å². The number of likely N-dealkylation sites (N-methyl/N-ethyl adjacent to an activating group) is 1. The number of aromatic hydroxyl groups is 1. The molecule has 4 heteroatoms. The number of hydrogen-bond acceptors (Lipinski definition) is 3. The average Bonchev–Trinajstić information content (AvgIpc) is 2.39. The van der Waals surface area contributed by atoms with E-state index in [9.17, 15) is 9.90 Å². The summed E-state index contributed by atoms with van der Waals surface area (Å²) in [6.45, 7) is 0. The molecule has 0 aliphatic heterocycles. The maximum atomic E-state index is 12.2. The molecule has 1 aromatic rings. The molecule has 0 saturated heterocycles. The lowest BCUT2D eigenvalue weighted by atomic mass is 9.89. The molecule has 1 fully saturated rings. The van der Waals surface area contributed by atoms with Gasteiger partial charge < -0.3 is 15.3 Å². The molecule has 0 spiro atoms. The number of amides is 1. The topological polar surface area (TPSA) is 52.6 Å². The van der Waals surface area contributed by atoms with Crippen LogP contribution in [-0.4, -0.2) is 42.1 Å². The van der Waals surface area contributed by atoms with E-state index in [4.69, 9.17) is 0 Å². The van der Waals surface area contributed by atoms with Crippen molar-refractivity contribution in [2.75, 3.05) is 14.1 Å². The van der Waals surface area contributed by atoms with Crippen LogP contribution in [0.4, 0.5) is 0 Å². The zero-order valence-electron chi connectivity index (χ0n) is 11.6. The van der Waals surface area contributed by atoms with Crippen molar-refractivity contribution < 1.29 is 9.90 Å². The summed E-state index contributed by atoms with van der Waals surface area (Å²) < 4.78 is 0. The standard InChI is InChI=1S/C15H22N2O2/c1-17(2)14-6-4-3-5-13(14)16-15(19)11-7-9-12(18)10-8-11/h7-10,13-14,18H,3-6H2,1-2H3,(H,16,19)/t13?,14-/m1/s1. The van der Waals surface area contributed by atoms with Crippen molar-refractivity contribution in [1.29, 1.82) is 0 Å². The Morgan fingerprint density at radius 2 is 1.84 bits per heavy atom. The summed E-state index contributed by atoms with van der Waals surface area (Å²) in [4.78, 5) is 14.4. The van der Waals surface area contributed by atoms with Gasteiger partial charge in [0.05, 0.1) is 0 Å². The number of nitrogens with zero attached hydrogens (tertiary/aromatic N) is 1. The summed E-state index contributed by atoms with van der Waals surface area (Å²) in [5.41, 5.74) is 0.598. The highest BCUT2D eigenvalue weighted by molar-refractivity contribution is 5.94. The first-order chi connectivity index (χ1) is 9.08. The van der Waals surface area contributed by atoms with Gasteiger partial charge in [0.2, 0.25) is 0 Å². The van der Waals surface area contributed by atoms with Gasteiger partial charge in [0, 0.05) is 17.6 Å². The van der Waals surface area contributed by atoms with E-state index in [-0.39, 0.29) is 17.7 Å². The van der Waals surface area contributed by atoms with E-state index in [1.165, 1.54) is 12.8 Å². The third-order valence-electron chi connectivity index (χ3n) is 3.84. The van der Waals surface area contributed by atoms with E-state index in [1.54, 1.807) is 24.3 Å². The minimum Gasteiger partial charge on any atom is -0.508 e. The largest absolute Gasteiger partial charge is 0.508 e. The van der Waals surface area contributed by atoms with Crippen molar-refractivity contribution in [3.63, 3.8) is 0 Å². The van der Waals surface area contributed by atoms with Gasteiger partial charge in [-0.3, -0.25) is 4.79 Å². The van der Waals surface area contributed by atoms with Crippen LogP contribution in [-0.2, 0) is 0 Å². The highest BCUT2D eigenvalue weighted by Gasteiger charge is 2.28. The van der Waals surface area contributed by atoms with Gasteiger partial charge in [-0.25, -0.2) is 0 Å². The smallest absolute Gasteiger partial charge is 0.251 e. The summed E-state index contributed by atoms with van der Waals surface area (Å²) in [6.07, 6.45) is 4.57. The number of benzene rings is 1. The Hall–Kier alpha value is -1.55. The van der Waals surface area contributed by atoms with Crippen LogP contribution in [0.2, 0.25) is 0 Å². The van der Waals surface area contributed by atoms with Crippen molar-refractivity contribution in [2.45, 2.75) is 37.8 Å². The van der Waals surface area contributed by atoms with Crippen LogP contribution in [0.1, 0.15) is 36.0 Å². The fourth-order valence-corrected chi connectivity index (χ4v) is 2.76. The molecule has 1 aliphatic rings. The lowest BCUT2D eigenvalue weighted by Crippen LogP contribution is -2.51. The summed E-state index contributed by atoms with van der Waals surface area (Å²) in [5, 5.41) is 12.4. The third-order valence-corrected chi connectivity index (χ3v) is 3.84. The highest BCUT2D eigenvalue weighted by Crippen LogP contribution is 2.22. The van der Waals surface area contributed by atoms with E-state index < -0.39 is 0 Å². The fourth-order valence-electron chi connectivity index (χ4n) is 2.76. The first kappa shape index (κ1) is 13.9. The Morgan fingerprint density at radius 1 is 1.21 bits per heavy atom. The first-order valence-corrected chi connectivity index (χ1v) is 6.84. The second-order valence-electron chi connectivity index (χ2n) is 5.44. The molecule has 0 aromatic heterocycles. The molecule has 0 bridgehead atoms. The van der Waals surface area contributed by atoms with Gasteiger partial charge in [0.15, 0.2) is 0 Å². The Balaban J connectivity index is 2.02. The summed E-state index contributed by atoms with van der Waals surface area (Å²) in [6, 6.07) is 7.01. The number of phenols is 1. The second-order valence-corrected chi connectivity index (χ2v) is 5.44. The molecule has 2 N–H and O–H groups in total. The maximum absolute atomic E-state index is 12.2. The van der Waals surface area contributed by atoms with E-state index in [2.05, 4.69) is 24.3 Å². The average molecular weight is 262 g/mol. The molecule has 1 aromatic carbocycles. The van der Waals surface area contributed by atoms with Gasteiger partial charge in [0.1, 0.15) is 5.75 Å². The molecule has 1 amide bonds. The molecule has 1 aliphatic carbocycles. The molecule has 2 atom stereocenters. The molecule has 1 saturated carbocycles. The zero-order valence-corrected chi connectivity index (χ0v) is 11.6. The van der Waals surface area contributed by atoms with E-state index in [0.29, 0.717) is 11.6 Å². The van der Waals surface area contributed by atoms with Crippen LogP contribution >= 0.6 is 0 Å². The second kappa shape index (κ2) is 6.06. The highest BCUT2D eigenvalue weighted by atomic mass is 16.3. The molecule has 4 nitrogen and oxygen atoms in total. The maximum Gasteiger partial charge on any atom is 0.251 e. The van der Waals surface area contributed by atoms with Crippen LogP contribution in [0.15, 0.2) is 24.3 Å². The SMILES string of the molecule is CN(C)[C@@H]1CCCCC1NC(=O)c1ccc(O)cc1. The number of carbonyl (C=O) groups is 1. The zero-order chi connectivity index (χ0) is 13.8. The van der Waals surface area contributed by atoms with E-state index in [0.717, 1.165) is 12.8 Å². The molecule has 104 valence electrons. The molecule has 2 rings (SSSR count). The van der Waals surface area contributed by atoms with Crippen LogP contribution in [0, 0.1) is 0 Å². The summed E-state index contributed by atoms with van der Waals surface area (Å²) >= 11 is 0. The number of nitrogens with one attached hydrogen (secondary N) is 1. The van der Waals surface area contributed by atoms with E-state index >= 15 is 0 Å². The lowest BCUT2D eigenvalue weighted by molar-refractivity contribution is 0.0883. The Bertz CT molecular complexity index is 428. The molecular formula is C15H22N2O2. The molecule has 19 heavy (non-hydrogen) atoms. The van der Waals surface area contributed by atoms with Gasteiger partial charge in [-0.2, -0.15) is 0 Å². The van der Waals surface area contributed by atoms with Gasteiger partial charge in [-0.1, -0.05) is 12.8 Å². The van der Waals surface area contributed by atoms with E-state index in [1.807, 2.05) is 0 Å². The molecule has 0 heterocycles. The summed E-state index contributed by atoms with van der Waals surface area (Å²) in [7, 11) is 4.13. The number of carbonyl (C=O) groups excluding carboxylic acids is 1. The third kappa shape index (κ3) is 3.47. The van der Waals surface area contributed by atoms with Gasteiger partial charge in [0.25, 0.3) is 5.91 Å². The van der Waals surface area contributed by atoms with Gasteiger partial charge in [-0.15, -0.1) is 0 Å². The van der Waals surface area contributed by atoms with Crippen LogP contribution in [0.3, 0.4) is 0 Å². The molecular weight excluding hydrogens is 240 g/mol. The molecule has 0 radical (unpaired) electrons. The Kier molecular flexibility index (Phi) is 4.43. The van der Waals surface area contributed by atoms with Crippen LogP contribution in [0.25, 0.3) is 0 Å². The monoisotopic (exact) mass is 262 g/mol. The first-order valence-electron chi connectivity index (χ1n) is 6.84. The lowest BCUT2D eigenvalue weighted by Gasteiger charge is -2.36. The van der Waals surface area contributed by atoms with Crippen LogP contribution < -0.4 is 5.32 Å². The number of rotatable bonds is 3. The summed E-state index contributed by atoms with van der Waals surface area (Å²) in [5.74, 6) is 0.124. The number of hydrogen-bond donors (Lipinski definition) is 2. The van der Waals surface area contributed by atoms with Crippen LogP contribution in [0.5, 0.6) is 5.75 Å². The minimum absolute atomic E-state index is 0.0567. The predicted molar refractivity (Wildman–Crippen MR) is 75.3 cm³/mol. The Morgan fingerprint density at radius 3 is 2.47 bits per heavy atom. The van der Waals surface area contributed by atoms with Crippen molar-refractivity contribution in [1.82, 2.24) is 10.2 Å². The molecule has 1 unspecified atom stereocenters. The number of phenolic OH excluding ortho intramolecular Hbond substituents is 1. The van der Waals surface area contributed by atoms with Crippen molar-refractivity contribution in [2.24, 2.45) is 0 Å². The van der Waals surface area contributed by atoms with Crippen molar-refractivity contribution in [3.8, 4) is 5.75 Å². The van der Waals surface area contributed by atoms with Gasteiger partial charge in [-0.05, 0) is 51.2 Å². The predicted octanol–water partition coefficient (Wildman–Crippen LogP) is 1.99. The normalized spacial score (nSPS) is 23.3.